The lowest BCUT2D eigenvalue weighted by molar-refractivity contribution is 0.0784. The maximum Gasteiger partial charge on any atom is 0.253 e. The van der Waals surface area contributed by atoms with Crippen molar-refractivity contribution in [2.24, 2.45) is 0 Å². The van der Waals surface area contributed by atoms with Crippen LogP contribution in [0, 0.1) is 0 Å². The van der Waals surface area contributed by atoms with Crippen molar-refractivity contribution in [3.8, 4) is 17.2 Å². The minimum Gasteiger partial charge on any atom is -0.493 e. The predicted molar refractivity (Wildman–Crippen MR) is 108 cm³/mol. The number of aromatic nitrogens is 1. The fourth-order valence-electron chi connectivity index (χ4n) is 2.79. The maximum atomic E-state index is 12.8. The molecule has 0 aliphatic carbocycles. The molecule has 7 heteroatoms. The second kappa shape index (κ2) is 9.23. The highest BCUT2D eigenvalue weighted by Crippen LogP contribution is 2.31. The molecule has 0 radical (unpaired) electrons. The number of rotatable bonds is 8. The van der Waals surface area contributed by atoms with Gasteiger partial charge >= 0.3 is 0 Å². The number of hydrogen-bond acceptors (Lipinski definition) is 6. The Bertz CT molecular complexity index is 911. The first-order chi connectivity index (χ1) is 13.6. The van der Waals surface area contributed by atoms with Crippen molar-refractivity contribution in [1.29, 1.82) is 0 Å². The van der Waals surface area contributed by atoms with Gasteiger partial charge in [0.05, 0.1) is 25.4 Å². The molecule has 0 unspecified atom stereocenters. The van der Waals surface area contributed by atoms with E-state index in [1.807, 2.05) is 23.6 Å². The first-order valence-electron chi connectivity index (χ1n) is 8.67. The van der Waals surface area contributed by atoms with Crippen molar-refractivity contribution in [1.82, 2.24) is 9.88 Å². The molecule has 0 bridgehead atoms. The monoisotopic (exact) mass is 398 g/mol. The van der Waals surface area contributed by atoms with Gasteiger partial charge < -0.3 is 19.1 Å². The van der Waals surface area contributed by atoms with Crippen LogP contribution in [0.3, 0.4) is 0 Å². The number of nitrogens with zero attached hydrogens (tertiary/aromatic N) is 2. The molecular formula is C21H22N2O4S. The molecule has 1 heterocycles. The first kappa shape index (κ1) is 19.7. The van der Waals surface area contributed by atoms with Crippen molar-refractivity contribution in [3.63, 3.8) is 0 Å². The summed E-state index contributed by atoms with van der Waals surface area (Å²) in [6.07, 6.45) is 0. The molecule has 0 aliphatic heterocycles. The lowest BCUT2D eigenvalue weighted by atomic mass is 10.1. The van der Waals surface area contributed by atoms with Crippen molar-refractivity contribution in [2.75, 3.05) is 21.3 Å². The van der Waals surface area contributed by atoms with E-state index in [-0.39, 0.29) is 5.91 Å². The lowest BCUT2D eigenvalue weighted by Crippen LogP contribution is -2.26. The van der Waals surface area contributed by atoms with Crippen LogP contribution in [0.2, 0.25) is 0 Å². The first-order valence-corrected chi connectivity index (χ1v) is 9.62. The van der Waals surface area contributed by atoms with Crippen LogP contribution in [0.1, 0.15) is 21.6 Å². The van der Waals surface area contributed by atoms with Crippen LogP contribution in [-0.4, -0.2) is 37.1 Å². The zero-order chi connectivity index (χ0) is 19.9. The molecule has 3 rings (SSSR count). The van der Waals surface area contributed by atoms with Crippen LogP contribution < -0.4 is 14.2 Å². The molecule has 0 saturated heterocycles. The van der Waals surface area contributed by atoms with E-state index in [9.17, 15) is 4.79 Å². The minimum absolute atomic E-state index is 0.0871. The van der Waals surface area contributed by atoms with Gasteiger partial charge in [0.2, 0.25) is 0 Å². The Balaban J connectivity index is 1.65. The summed E-state index contributed by atoms with van der Waals surface area (Å²) in [5.41, 5.74) is 4.12. The Morgan fingerprint density at radius 2 is 1.89 bits per heavy atom. The summed E-state index contributed by atoms with van der Waals surface area (Å²) < 4.78 is 16.4. The highest BCUT2D eigenvalue weighted by Gasteiger charge is 2.16. The standard InChI is InChI=1S/C21H22N2O4S/c1-23(11-16-5-4-6-19(25-2)20(16)26-3)21(24)15-7-9-18(10-8-15)27-12-17-13-28-14-22-17/h4-10,13-14H,11-12H2,1-3H3. The van der Waals surface area contributed by atoms with E-state index in [4.69, 9.17) is 14.2 Å². The smallest absolute Gasteiger partial charge is 0.253 e. The highest BCUT2D eigenvalue weighted by atomic mass is 32.1. The molecular weight excluding hydrogens is 376 g/mol. The zero-order valence-electron chi connectivity index (χ0n) is 16.0. The number of thiazole rings is 1. The number of para-hydroxylation sites is 1. The number of carbonyl (C=O) groups is 1. The number of benzene rings is 2. The van der Waals surface area contributed by atoms with Crippen LogP contribution in [-0.2, 0) is 13.2 Å². The van der Waals surface area contributed by atoms with Gasteiger partial charge in [0.25, 0.3) is 5.91 Å². The molecule has 0 N–H and O–H groups in total. The van der Waals surface area contributed by atoms with Gasteiger partial charge in [-0.25, -0.2) is 4.98 Å². The number of amides is 1. The van der Waals surface area contributed by atoms with Crippen LogP contribution in [0.5, 0.6) is 17.2 Å². The van der Waals surface area contributed by atoms with E-state index < -0.39 is 0 Å². The summed E-state index contributed by atoms with van der Waals surface area (Å²) in [6.45, 7) is 0.813. The maximum absolute atomic E-state index is 12.8. The predicted octanol–water partition coefficient (Wildman–Crippen LogP) is 4.01. The molecule has 3 aromatic rings. The largest absolute Gasteiger partial charge is 0.493 e. The molecule has 146 valence electrons. The van der Waals surface area contributed by atoms with E-state index >= 15 is 0 Å². The van der Waals surface area contributed by atoms with Crippen LogP contribution >= 0.6 is 11.3 Å². The van der Waals surface area contributed by atoms with E-state index in [0.29, 0.717) is 36.0 Å². The molecule has 2 aromatic carbocycles. The van der Waals surface area contributed by atoms with Gasteiger partial charge in [-0.1, -0.05) is 12.1 Å². The summed E-state index contributed by atoms with van der Waals surface area (Å²) in [6, 6.07) is 12.7. The van der Waals surface area contributed by atoms with E-state index in [2.05, 4.69) is 4.98 Å². The van der Waals surface area contributed by atoms with Gasteiger partial charge in [-0.3, -0.25) is 4.79 Å². The third-order valence-electron chi connectivity index (χ3n) is 4.21. The number of ether oxygens (including phenoxy) is 3. The third-order valence-corrected chi connectivity index (χ3v) is 4.85. The molecule has 6 nitrogen and oxygen atoms in total. The van der Waals surface area contributed by atoms with Gasteiger partial charge in [0.15, 0.2) is 11.5 Å². The SMILES string of the molecule is COc1cccc(CN(C)C(=O)c2ccc(OCc3cscn3)cc2)c1OC. The van der Waals surface area contributed by atoms with Crippen molar-refractivity contribution >= 4 is 17.2 Å². The molecule has 0 fully saturated rings. The second-order valence-electron chi connectivity index (χ2n) is 6.11. The van der Waals surface area contributed by atoms with E-state index in [0.717, 1.165) is 11.3 Å². The summed E-state index contributed by atoms with van der Waals surface area (Å²) in [5, 5.41) is 1.94. The lowest BCUT2D eigenvalue weighted by Gasteiger charge is -2.20. The Hall–Kier alpha value is -3.06. The summed E-state index contributed by atoms with van der Waals surface area (Å²) in [4.78, 5) is 18.6. The van der Waals surface area contributed by atoms with E-state index in [1.54, 1.807) is 55.9 Å². The third kappa shape index (κ3) is 4.61. The molecule has 28 heavy (non-hydrogen) atoms. The average Bonchev–Trinajstić information content (AvgIpc) is 3.25. The fourth-order valence-corrected chi connectivity index (χ4v) is 3.33. The van der Waals surface area contributed by atoms with Gasteiger partial charge in [-0.05, 0) is 30.3 Å². The summed E-state index contributed by atoms with van der Waals surface area (Å²) >= 11 is 1.53. The molecule has 1 amide bonds. The Labute approximate surface area is 168 Å². The van der Waals surface area contributed by atoms with Gasteiger partial charge in [0.1, 0.15) is 12.4 Å². The second-order valence-corrected chi connectivity index (χ2v) is 6.83. The fraction of sp³-hybridized carbons (Fsp3) is 0.238. The van der Waals surface area contributed by atoms with Gasteiger partial charge in [-0.2, -0.15) is 0 Å². The highest BCUT2D eigenvalue weighted by molar-refractivity contribution is 7.07. The topological polar surface area (TPSA) is 60.9 Å². The normalized spacial score (nSPS) is 10.4. The Kier molecular flexibility index (Phi) is 6.49. The Morgan fingerprint density at radius 3 is 2.54 bits per heavy atom. The molecule has 0 saturated carbocycles. The minimum atomic E-state index is -0.0871. The summed E-state index contributed by atoms with van der Waals surface area (Å²) in [7, 11) is 4.94. The molecule has 0 spiro atoms. The van der Waals surface area contributed by atoms with E-state index in [1.165, 1.54) is 11.3 Å². The van der Waals surface area contributed by atoms with Gasteiger partial charge in [0, 0.05) is 30.1 Å². The van der Waals surface area contributed by atoms with Crippen LogP contribution in [0.15, 0.2) is 53.4 Å². The van der Waals surface area contributed by atoms with Crippen molar-refractivity contribution in [2.45, 2.75) is 13.2 Å². The quantitative estimate of drug-likeness (QED) is 0.574. The Morgan fingerprint density at radius 1 is 1.11 bits per heavy atom. The van der Waals surface area contributed by atoms with Gasteiger partial charge in [-0.15, -0.1) is 11.3 Å². The zero-order valence-corrected chi connectivity index (χ0v) is 16.9. The van der Waals surface area contributed by atoms with Crippen molar-refractivity contribution < 1.29 is 19.0 Å². The number of hydrogen-bond donors (Lipinski definition) is 0. The number of carbonyl (C=O) groups excluding carboxylic acids is 1. The van der Waals surface area contributed by atoms with Crippen LogP contribution in [0.4, 0.5) is 0 Å². The molecule has 0 aliphatic rings. The van der Waals surface area contributed by atoms with Crippen LogP contribution in [0.25, 0.3) is 0 Å². The molecule has 0 atom stereocenters. The summed E-state index contributed by atoms with van der Waals surface area (Å²) in [5.74, 6) is 1.88. The van der Waals surface area contributed by atoms with Crippen molar-refractivity contribution in [3.05, 3.63) is 70.2 Å². The molecule has 1 aromatic heterocycles. The number of methoxy groups -OCH3 is 2. The average molecular weight is 398 g/mol.